The van der Waals surface area contributed by atoms with Crippen LogP contribution in [0, 0.1) is 10.8 Å². The predicted molar refractivity (Wildman–Crippen MR) is 159 cm³/mol. The molecule has 2 fully saturated rings. The topological polar surface area (TPSA) is 54.4 Å². The van der Waals surface area contributed by atoms with Crippen LogP contribution in [0.15, 0.2) is 60.7 Å². The van der Waals surface area contributed by atoms with Gasteiger partial charge in [-0.25, -0.2) is 0 Å². The zero-order chi connectivity index (χ0) is 28.3. The molecule has 2 saturated heterocycles. The molecule has 0 radical (unpaired) electrons. The first-order valence-electron chi connectivity index (χ1n) is 14.1. The Morgan fingerprint density at radius 2 is 1.46 bits per heavy atom. The lowest BCUT2D eigenvalue weighted by atomic mass is 9.83. The van der Waals surface area contributed by atoms with Crippen LogP contribution in [0.4, 0.5) is 0 Å². The highest BCUT2D eigenvalue weighted by molar-refractivity contribution is 7.98. The van der Waals surface area contributed by atoms with E-state index in [1.54, 1.807) is 11.8 Å². The fraction of sp³-hybridized carbons (Fsp3) is 0.625. The summed E-state index contributed by atoms with van der Waals surface area (Å²) in [4.78, 5) is 4.83. The van der Waals surface area contributed by atoms with Crippen LogP contribution in [-0.2, 0) is 27.3 Å². The highest BCUT2D eigenvalue weighted by Gasteiger charge is 2.60. The molecule has 0 bridgehead atoms. The molecule has 6 nitrogen and oxygen atoms in total. The van der Waals surface area contributed by atoms with Crippen molar-refractivity contribution in [3.8, 4) is 0 Å². The molecule has 0 aromatic heterocycles. The number of rotatable bonds is 10. The number of hydrogen-bond donors (Lipinski definition) is 1. The maximum absolute atomic E-state index is 11.3. The molecule has 5 atom stereocenters. The molecular formula is C32H48N2O4S. The van der Waals surface area contributed by atoms with Crippen molar-refractivity contribution in [3.05, 3.63) is 71.8 Å². The number of ether oxygens (including phenoxy) is 3. The summed E-state index contributed by atoms with van der Waals surface area (Å²) < 4.78 is 19.9. The van der Waals surface area contributed by atoms with Gasteiger partial charge < -0.3 is 19.3 Å². The summed E-state index contributed by atoms with van der Waals surface area (Å²) in [6.45, 7) is 15.6. The maximum Gasteiger partial charge on any atom is 0.116 e. The molecule has 2 aliphatic rings. The number of nitrogens with zero attached hydrogens (tertiary/aromatic N) is 2. The van der Waals surface area contributed by atoms with Gasteiger partial charge in [0, 0.05) is 23.9 Å². The van der Waals surface area contributed by atoms with E-state index in [2.05, 4.69) is 112 Å². The molecule has 0 unspecified atom stereocenters. The summed E-state index contributed by atoms with van der Waals surface area (Å²) >= 11 is 1.66. The monoisotopic (exact) mass is 556 g/mol. The Labute approximate surface area is 240 Å². The Morgan fingerprint density at radius 1 is 0.897 bits per heavy atom. The van der Waals surface area contributed by atoms with Crippen LogP contribution in [0.25, 0.3) is 0 Å². The van der Waals surface area contributed by atoms with E-state index < -0.39 is 5.54 Å². The molecule has 2 heterocycles. The van der Waals surface area contributed by atoms with Crippen molar-refractivity contribution >= 4 is 11.8 Å². The fourth-order valence-electron chi connectivity index (χ4n) is 6.16. The second-order valence-electron chi connectivity index (χ2n) is 13.2. The quantitative estimate of drug-likeness (QED) is 0.382. The molecule has 0 aliphatic carbocycles. The number of aliphatic hydroxyl groups excluding tert-OH is 1. The Hall–Kier alpha value is -1.45. The van der Waals surface area contributed by atoms with E-state index in [1.165, 1.54) is 11.1 Å². The third kappa shape index (κ3) is 6.72. The van der Waals surface area contributed by atoms with Crippen molar-refractivity contribution in [1.82, 2.24) is 9.80 Å². The van der Waals surface area contributed by atoms with Gasteiger partial charge in [-0.05, 0) is 17.4 Å². The zero-order valence-electron chi connectivity index (χ0n) is 24.8. The Morgan fingerprint density at radius 3 is 1.97 bits per heavy atom. The standard InChI is InChI=1S/C32H48N2O4S/c1-30(2,3)28-33(18-24-14-10-8-11-15-24)26(20-36-28)27(38-23-39-7)32(21-35)22-37-29(31(4,5)6)34(32)19-25-16-12-9-13-17-25/h8-17,26-29,35H,18-23H2,1-7H3/t26-,27-,28+,29+,32+/m0/s1. The molecule has 39 heavy (non-hydrogen) atoms. The lowest BCUT2D eigenvalue weighted by Crippen LogP contribution is -2.66. The summed E-state index contributed by atoms with van der Waals surface area (Å²) in [7, 11) is 0. The van der Waals surface area contributed by atoms with E-state index in [0.717, 1.165) is 6.54 Å². The molecule has 1 N–H and O–H groups in total. The number of hydrogen-bond acceptors (Lipinski definition) is 7. The van der Waals surface area contributed by atoms with Crippen molar-refractivity contribution in [2.24, 2.45) is 10.8 Å². The summed E-state index contributed by atoms with van der Waals surface area (Å²) in [5, 5.41) is 11.3. The highest BCUT2D eigenvalue weighted by atomic mass is 32.2. The molecule has 7 heteroatoms. The van der Waals surface area contributed by atoms with Crippen LogP contribution >= 0.6 is 11.8 Å². The van der Waals surface area contributed by atoms with Crippen molar-refractivity contribution in [2.45, 2.75) is 84.8 Å². The van der Waals surface area contributed by atoms with E-state index in [0.29, 0.717) is 25.7 Å². The summed E-state index contributed by atoms with van der Waals surface area (Å²) in [5.41, 5.74) is 1.44. The van der Waals surface area contributed by atoms with Gasteiger partial charge >= 0.3 is 0 Å². The van der Waals surface area contributed by atoms with E-state index >= 15 is 0 Å². The van der Waals surface area contributed by atoms with Crippen LogP contribution in [0.2, 0.25) is 0 Å². The lowest BCUT2D eigenvalue weighted by Gasteiger charge is -2.48. The SMILES string of the molecule is CSCO[C@@H]([C@@H]1CO[C@H](C(C)(C)C)N1Cc1ccccc1)[C@@]1(CO)CO[C@H](C(C)(C)C)N1Cc1ccccc1. The lowest BCUT2D eigenvalue weighted by molar-refractivity contribution is -0.124. The van der Waals surface area contributed by atoms with Crippen molar-refractivity contribution < 1.29 is 19.3 Å². The third-order valence-electron chi connectivity index (χ3n) is 7.90. The Balaban J connectivity index is 1.78. The number of aliphatic hydroxyl groups is 1. The molecule has 2 aromatic rings. The average molecular weight is 557 g/mol. The van der Waals surface area contributed by atoms with Gasteiger partial charge in [0.2, 0.25) is 0 Å². The van der Waals surface area contributed by atoms with Crippen LogP contribution in [-0.4, -0.2) is 77.1 Å². The summed E-state index contributed by atoms with van der Waals surface area (Å²) in [6.07, 6.45) is 1.47. The average Bonchev–Trinajstić information content (AvgIpc) is 3.48. The molecule has 2 aromatic carbocycles. The van der Waals surface area contributed by atoms with Crippen molar-refractivity contribution in [3.63, 3.8) is 0 Å². The fourth-order valence-corrected chi connectivity index (χ4v) is 6.45. The van der Waals surface area contributed by atoms with Crippen LogP contribution in [0.1, 0.15) is 52.7 Å². The van der Waals surface area contributed by atoms with Crippen LogP contribution in [0.5, 0.6) is 0 Å². The van der Waals surface area contributed by atoms with Crippen molar-refractivity contribution in [2.75, 3.05) is 32.0 Å². The molecule has 0 amide bonds. The van der Waals surface area contributed by atoms with Gasteiger partial charge in [0.15, 0.2) is 0 Å². The second kappa shape index (κ2) is 12.6. The zero-order valence-corrected chi connectivity index (χ0v) is 25.6. The van der Waals surface area contributed by atoms with E-state index in [4.69, 9.17) is 14.2 Å². The van der Waals surface area contributed by atoms with E-state index in [-0.39, 0.29) is 42.0 Å². The first kappa shape index (κ1) is 30.5. The molecule has 216 valence electrons. The van der Waals surface area contributed by atoms with Crippen LogP contribution in [0.3, 0.4) is 0 Å². The smallest absolute Gasteiger partial charge is 0.116 e. The Bertz CT molecular complexity index is 1030. The van der Waals surface area contributed by atoms with Gasteiger partial charge in [0.25, 0.3) is 0 Å². The van der Waals surface area contributed by atoms with Gasteiger partial charge in [-0.1, -0.05) is 102 Å². The van der Waals surface area contributed by atoms with Crippen LogP contribution < -0.4 is 0 Å². The first-order valence-corrected chi connectivity index (χ1v) is 15.5. The van der Waals surface area contributed by atoms with E-state index in [1.807, 2.05) is 6.07 Å². The molecular weight excluding hydrogens is 508 g/mol. The van der Waals surface area contributed by atoms with Crippen molar-refractivity contribution in [1.29, 1.82) is 0 Å². The molecule has 0 spiro atoms. The molecule has 4 rings (SSSR count). The first-order chi connectivity index (χ1) is 18.5. The summed E-state index contributed by atoms with van der Waals surface area (Å²) in [6, 6.07) is 21.0. The number of thioether (sulfide) groups is 1. The normalized spacial score (nSPS) is 27.7. The van der Waals surface area contributed by atoms with Gasteiger partial charge in [-0.3, -0.25) is 9.80 Å². The highest BCUT2D eigenvalue weighted by Crippen LogP contribution is 2.44. The molecule has 0 saturated carbocycles. The van der Waals surface area contributed by atoms with Gasteiger partial charge in [0.05, 0.1) is 43.4 Å². The van der Waals surface area contributed by atoms with Gasteiger partial charge in [-0.2, -0.15) is 0 Å². The third-order valence-corrected chi connectivity index (χ3v) is 8.27. The molecule has 2 aliphatic heterocycles. The minimum absolute atomic E-state index is 0.0608. The predicted octanol–water partition coefficient (Wildman–Crippen LogP) is 5.60. The van der Waals surface area contributed by atoms with Gasteiger partial charge in [0.1, 0.15) is 12.5 Å². The van der Waals surface area contributed by atoms with E-state index in [9.17, 15) is 5.11 Å². The minimum atomic E-state index is -0.737. The maximum atomic E-state index is 11.3. The van der Waals surface area contributed by atoms with Gasteiger partial charge in [-0.15, -0.1) is 11.8 Å². The second-order valence-corrected chi connectivity index (χ2v) is 14.0. The number of benzene rings is 2. The summed E-state index contributed by atoms with van der Waals surface area (Å²) in [5.74, 6) is 0.529. The Kier molecular flexibility index (Phi) is 9.86. The largest absolute Gasteiger partial charge is 0.394 e. The minimum Gasteiger partial charge on any atom is -0.394 e.